The zero-order valence-electron chi connectivity index (χ0n) is 30.3. The van der Waals surface area contributed by atoms with E-state index in [1.807, 2.05) is 0 Å². The molecule has 0 aliphatic carbocycles. The molecule has 54 heavy (non-hydrogen) atoms. The Morgan fingerprint density at radius 2 is 1.76 bits per heavy atom. The van der Waals surface area contributed by atoms with Crippen LogP contribution in [-0.2, 0) is 25.1 Å². The highest BCUT2D eigenvalue weighted by Gasteiger charge is 2.60. The smallest absolute Gasteiger partial charge is 0.318 e. The Morgan fingerprint density at radius 3 is 2.43 bits per heavy atom. The van der Waals surface area contributed by atoms with Crippen molar-refractivity contribution in [2.75, 3.05) is 77.6 Å². The zero-order chi connectivity index (χ0) is 38.2. The summed E-state index contributed by atoms with van der Waals surface area (Å²) in [5.74, 6) is -2.14. The Balaban J connectivity index is 1.25. The third kappa shape index (κ3) is 6.36. The second-order valence-electron chi connectivity index (χ2n) is 13.5. The second-order valence-corrected chi connectivity index (χ2v) is 15.3. The lowest BCUT2D eigenvalue weighted by Crippen LogP contribution is -2.67. The average Bonchev–Trinajstić information content (AvgIpc) is 3.41. The predicted molar refractivity (Wildman–Crippen MR) is 192 cm³/mol. The average molecular weight is 764 g/mol. The molecule has 3 aromatic rings. The second kappa shape index (κ2) is 15.0. The van der Waals surface area contributed by atoms with E-state index in [0.717, 1.165) is 64.4 Å². The van der Waals surface area contributed by atoms with Gasteiger partial charge in [-0.1, -0.05) is 0 Å². The Morgan fingerprint density at radius 1 is 1.04 bits per heavy atom. The molecule has 286 valence electrons. The lowest BCUT2D eigenvalue weighted by Gasteiger charge is -2.49. The van der Waals surface area contributed by atoms with Crippen LogP contribution in [0, 0.1) is 17.1 Å². The van der Waals surface area contributed by atoms with Crippen LogP contribution < -0.4 is 23.8 Å². The highest BCUT2D eigenvalue weighted by Crippen LogP contribution is 2.50. The molecule has 3 amide bonds. The van der Waals surface area contributed by atoms with Crippen molar-refractivity contribution in [3.63, 3.8) is 0 Å². The number of methoxy groups -OCH3 is 2. The van der Waals surface area contributed by atoms with Crippen LogP contribution in [0.15, 0.2) is 53.6 Å². The number of halogens is 1. The summed E-state index contributed by atoms with van der Waals surface area (Å²) >= 11 is 0. The zero-order valence-corrected chi connectivity index (χ0v) is 31.1. The maximum Gasteiger partial charge on any atom is 0.318 e. The van der Waals surface area contributed by atoms with Gasteiger partial charge in [-0.15, -0.1) is 0 Å². The van der Waals surface area contributed by atoms with Crippen molar-refractivity contribution in [2.45, 2.75) is 42.3 Å². The van der Waals surface area contributed by atoms with Gasteiger partial charge in [-0.25, -0.2) is 22.6 Å². The van der Waals surface area contributed by atoms with Gasteiger partial charge in [0.05, 0.1) is 50.9 Å². The van der Waals surface area contributed by atoms with E-state index in [4.69, 9.17) is 18.9 Å². The van der Waals surface area contributed by atoms with Gasteiger partial charge < -0.3 is 29.2 Å². The van der Waals surface area contributed by atoms with E-state index in [1.54, 1.807) is 17.9 Å². The number of urea groups is 1. The number of pyridine rings is 1. The molecule has 3 saturated heterocycles. The summed E-state index contributed by atoms with van der Waals surface area (Å²) in [4.78, 5) is 39.8. The minimum Gasteiger partial charge on any atom is -0.497 e. The number of piperidine rings is 1. The van der Waals surface area contributed by atoms with Crippen molar-refractivity contribution in [3.8, 4) is 23.4 Å². The fraction of sp³-hybridized carbons (Fsp3) is 0.459. The molecule has 17 heteroatoms. The number of carbonyl (C=O) groups excluding carboxylic acids is 2. The first-order valence-corrected chi connectivity index (χ1v) is 19.3. The first kappa shape index (κ1) is 37.3. The van der Waals surface area contributed by atoms with Crippen LogP contribution in [0.25, 0.3) is 0 Å². The van der Waals surface area contributed by atoms with E-state index in [0.29, 0.717) is 23.4 Å². The number of nitrogens with one attached hydrogen (secondary N) is 1. The highest BCUT2D eigenvalue weighted by molar-refractivity contribution is 7.93. The Hall–Kier alpha value is -5.02. The van der Waals surface area contributed by atoms with Crippen molar-refractivity contribution in [3.05, 3.63) is 71.2 Å². The summed E-state index contributed by atoms with van der Waals surface area (Å²) in [6, 6.07) is 10.5. The molecule has 7 rings (SSSR count). The largest absolute Gasteiger partial charge is 0.497 e. The molecule has 1 N–H and O–H groups in total. The van der Waals surface area contributed by atoms with E-state index in [1.165, 1.54) is 50.7 Å². The molecule has 4 aliphatic heterocycles. The number of aromatic nitrogens is 1. The third-order valence-electron chi connectivity index (χ3n) is 10.7. The van der Waals surface area contributed by atoms with Crippen LogP contribution in [0.2, 0.25) is 0 Å². The fourth-order valence-corrected chi connectivity index (χ4v) is 9.44. The van der Waals surface area contributed by atoms with Gasteiger partial charge in [0.25, 0.3) is 15.9 Å². The molecule has 0 saturated carbocycles. The molecule has 1 aromatic heterocycles. The topological polar surface area (TPSA) is 167 Å². The van der Waals surface area contributed by atoms with Gasteiger partial charge in [0, 0.05) is 75.2 Å². The van der Waals surface area contributed by atoms with Crippen LogP contribution in [0.3, 0.4) is 0 Å². The molecule has 15 nitrogen and oxygen atoms in total. The monoisotopic (exact) mass is 763 g/mol. The van der Waals surface area contributed by atoms with Gasteiger partial charge in [0.15, 0.2) is 5.54 Å². The number of nitriles is 1. The molecule has 3 fully saturated rings. The molecule has 0 radical (unpaired) electrons. The summed E-state index contributed by atoms with van der Waals surface area (Å²) in [7, 11) is -2.23. The number of ether oxygens (including phenoxy) is 4. The summed E-state index contributed by atoms with van der Waals surface area (Å²) in [5, 5.41) is 12.7. The maximum atomic E-state index is 15.5. The van der Waals surface area contributed by atoms with Crippen molar-refractivity contribution in [2.24, 2.45) is 0 Å². The number of rotatable bonds is 10. The Bertz CT molecular complexity index is 2080. The normalized spacial score (nSPS) is 21.3. The van der Waals surface area contributed by atoms with Crippen LogP contribution in [-0.4, -0.2) is 125 Å². The fourth-order valence-electron chi connectivity index (χ4n) is 7.85. The Labute approximate surface area is 313 Å². The SMILES string of the molecule is CCOc1ncccc1[C@]1(NC(=O)N2CC(N3CCC(N4CCOCC4)CC3)C2)C(=O)N(S(=O)(=O)c2ccc(OC)cc2OC)c2cc(F)c(C#N)cc21. The van der Waals surface area contributed by atoms with Crippen molar-refractivity contribution in [1.29, 1.82) is 5.26 Å². The number of morpholine rings is 1. The number of hydrogen-bond donors (Lipinski definition) is 1. The lowest BCUT2D eigenvalue weighted by molar-refractivity contribution is -0.121. The summed E-state index contributed by atoms with van der Waals surface area (Å²) in [6.45, 7) is 7.69. The number of benzene rings is 2. The molecule has 0 unspecified atom stereocenters. The van der Waals surface area contributed by atoms with Crippen LogP contribution in [0.5, 0.6) is 17.4 Å². The summed E-state index contributed by atoms with van der Waals surface area (Å²) in [6.07, 6.45) is 3.45. The van der Waals surface area contributed by atoms with Gasteiger partial charge in [-0.2, -0.15) is 9.57 Å². The predicted octanol–water partition coefficient (Wildman–Crippen LogP) is 2.68. The standard InChI is InChI=1S/C37H42FN7O8S/c1-4-53-34-28(6-5-11-40-34)37(41-36(47)44-22-26(23-44)42-12-9-25(10-13-42)43-14-16-52-17-15-43)29-18-24(21-39)30(38)20-31(29)45(35(37)46)54(48,49)33-8-7-27(50-2)19-32(33)51-3/h5-8,11,18-20,25-26H,4,9-10,12-17,22-23H2,1-3H3,(H,41,47)/t37-/m1/s1. The minimum absolute atomic E-state index is 0.00334. The number of anilines is 1. The number of hydrogen-bond acceptors (Lipinski definition) is 12. The van der Waals surface area contributed by atoms with E-state index < -0.39 is 49.5 Å². The van der Waals surface area contributed by atoms with Gasteiger partial charge in [0.2, 0.25) is 5.88 Å². The molecular weight excluding hydrogens is 722 g/mol. The van der Waals surface area contributed by atoms with Crippen molar-refractivity contribution < 1.29 is 41.3 Å². The Kier molecular flexibility index (Phi) is 10.4. The van der Waals surface area contributed by atoms with Crippen LogP contribution in [0.4, 0.5) is 14.9 Å². The molecule has 5 heterocycles. The first-order chi connectivity index (χ1) is 26.1. The number of fused-ring (bicyclic) bond motifs is 1. The molecule has 1 atom stereocenters. The summed E-state index contributed by atoms with van der Waals surface area (Å²) < 4.78 is 67.2. The number of likely N-dealkylation sites (tertiary alicyclic amines) is 2. The highest BCUT2D eigenvalue weighted by atomic mass is 32.2. The molecule has 4 aliphatic rings. The van der Waals surface area contributed by atoms with E-state index in [9.17, 15) is 18.5 Å². The molecular formula is C37H42FN7O8S. The number of amides is 3. The molecule has 0 bridgehead atoms. The van der Waals surface area contributed by atoms with Crippen molar-refractivity contribution in [1.82, 2.24) is 25.0 Å². The third-order valence-corrected chi connectivity index (χ3v) is 12.4. The van der Waals surface area contributed by atoms with Gasteiger partial charge in [0.1, 0.15) is 28.3 Å². The van der Waals surface area contributed by atoms with Gasteiger partial charge >= 0.3 is 6.03 Å². The van der Waals surface area contributed by atoms with Gasteiger partial charge in [-0.3, -0.25) is 14.6 Å². The molecule has 0 spiro atoms. The summed E-state index contributed by atoms with van der Waals surface area (Å²) in [5.41, 5.74) is -3.33. The van der Waals surface area contributed by atoms with Gasteiger partial charge in [-0.05, 0) is 50.1 Å². The van der Waals surface area contributed by atoms with E-state index in [-0.39, 0.29) is 41.2 Å². The van der Waals surface area contributed by atoms with Crippen LogP contribution >= 0.6 is 0 Å². The number of carbonyl (C=O) groups is 2. The number of sulfonamides is 1. The van der Waals surface area contributed by atoms with Crippen molar-refractivity contribution >= 4 is 27.6 Å². The maximum absolute atomic E-state index is 15.5. The number of nitrogens with zero attached hydrogens (tertiary/aromatic N) is 6. The minimum atomic E-state index is -4.88. The molecule has 2 aromatic carbocycles. The van der Waals surface area contributed by atoms with E-state index >= 15 is 9.18 Å². The first-order valence-electron chi connectivity index (χ1n) is 17.8. The lowest BCUT2D eigenvalue weighted by atomic mass is 9.83. The van der Waals surface area contributed by atoms with E-state index in [2.05, 4.69) is 20.1 Å². The van der Waals surface area contributed by atoms with Crippen LogP contribution in [0.1, 0.15) is 36.5 Å². The quantitative estimate of drug-likeness (QED) is 0.321.